The number of halogens is 2. The lowest BCUT2D eigenvalue weighted by molar-refractivity contribution is -0.00433. The van der Waals surface area contributed by atoms with Gasteiger partial charge in [0.15, 0.2) is 0 Å². The first-order valence-electron chi connectivity index (χ1n) is 5.35. The van der Waals surface area contributed by atoms with Crippen LogP contribution in [0, 0.1) is 18.6 Å². The Hall–Kier alpha value is -1.00. The van der Waals surface area contributed by atoms with Gasteiger partial charge in [0.05, 0.1) is 6.10 Å². The molecule has 2 rings (SSSR count). The quantitative estimate of drug-likeness (QED) is 0.842. The predicted octanol–water partition coefficient (Wildman–Crippen LogP) is 2.49. The van der Waals surface area contributed by atoms with Gasteiger partial charge in [-0.2, -0.15) is 0 Å². The van der Waals surface area contributed by atoms with Gasteiger partial charge in [-0.25, -0.2) is 8.78 Å². The summed E-state index contributed by atoms with van der Waals surface area (Å²) in [7, 11) is 0. The van der Waals surface area contributed by atoms with Gasteiger partial charge in [0, 0.05) is 18.2 Å². The number of ether oxygens (including phenoxy) is 1. The molecule has 0 radical (unpaired) electrons. The van der Waals surface area contributed by atoms with Gasteiger partial charge in [-0.15, -0.1) is 0 Å². The normalized spacial score (nSPS) is 22.4. The molecule has 4 heteroatoms. The van der Waals surface area contributed by atoms with E-state index in [4.69, 9.17) is 4.74 Å². The average Bonchev–Trinajstić information content (AvgIpc) is 2.75. The van der Waals surface area contributed by atoms with Crippen LogP contribution < -0.4 is 0 Å². The third-order valence-electron chi connectivity index (χ3n) is 2.91. The zero-order valence-corrected chi connectivity index (χ0v) is 9.04. The Bertz CT molecular complexity index is 387. The molecule has 0 aliphatic carbocycles. The number of aliphatic hydroxyl groups is 1. The molecule has 0 aromatic heterocycles. The van der Waals surface area contributed by atoms with Crippen molar-refractivity contribution < 1.29 is 18.6 Å². The highest BCUT2D eigenvalue weighted by molar-refractivity contribution is 5.28. The molecule has 1 aromatic rings. The average molecular weight is 228 g/mol. The zero-order chi connectivity index (χ0) is 11.7. The summed E-state index contributed by atoms with van der Waals surface area (Å²) in [6, 6.07) is 2.15. The molecule has 1 heterocycles. The molecule has 88 valence electrons. The van der Waals surface area contributed by atoms with Crippen molar-refractivity contribution in [2.24, 2.45) is 0 Å². The monoisotopic (exact) mass is 228 g/mol. The van der Waals surface area contributed by atoms with Crippen LogP contribution >= 0.6 is 0 Å². The number of hydrogen-bond acceptors (Lipinski definition) is 2. The van der Waals surface area contributed by atoms with Crippen molar-refractivity contribution in [2.45, 2.75) is 32.0 Å². The molecular formula is C12H14F2O2. The molecule has 2 atom stereocenters. The summed E-state index contributed by atoms with van der Waals surface area (Å²) < 4.78 is 31.8. The molecule has 2 nitrogen and oxygen atoms in total. The summed E-state index contributed by atoms with van der Waals surface area (Å²) in [5.74, 6) is -1.31. The summed E-state index contributed by atoms with van der Waals surface area (Å²) in [6.45, 7) is 2.13. The maximum absolute atomic E-state index is 13.5. The van der Waals surface area contributed by atoms with E-state index >= 15 is 0 Å². The first-order chi connectivity index (χ1) is 7.59. The van der Waals surface area contributed by atoms with Gasteiger partial charge in [0.1, 0.15) is 17.7 Å². The van der Waals surface area contributed by atoms with Crippen molar-refractivity contribution in [3.8, 4) is 0 Å². The zero-order valence-electron chi connectivity index (χ0n) is 9.04. The van der Waals surface area contributed by atoms with Crippen LogP contribution in [0.15, 0.2) is 12.1 Å². The summed E-state index contributed by atoms with van der Waals surface area (Å²) in [6.07, 6.45) is 0.182. The van der Waals surface area contributed by atoms with Crippen molar-refractivity contribution in [1.29, 1.82) is 0 Å². The third-order valence-corrected chi connectivity index (χ3v) is 2.91. The summed E-state index contributed by atoms with van der Waals surface area (Å²) in [5.41, 5.74) is 0.444. The van der Waals surface area contributed by atoms with Crippen LogP contribution in [-0.4, -0.2) is 17.8 Å². The second-order valence-corrected chi connectivity index (χ2v) is 4.12. The van der Waals surface area contributed by atoms with Crippen molar-refractivity contribution >= 4 is 0 Å². The first kappa shape index (κ1) is 11.5. The molecule has 1 aliphatic rings. The highest BCUT2D eigenvalue weighted by atomic mass is 19.1. The number of rotatable bonds is 2. The topological polar surface area (TPSA) is 29.5 Å². The Labute approximate surface area is 92.9 Å². The number of aliphatic hydroxyl groups excluding tert-OH is 1. The van der Waals surface area contributed by atoms with Crippen LogP contribution in [0.5, 0.6) is 0 Å². The SMILES string of the molecule is Cc1cc(C(O)C2CCCO2)c(F)cc1F. The van der Waals surface area contributed by atoms with E-state index in [1.807, 2.05) is 0 Å². The molecule has 0 amide bonds. The lowest BCUT2D eigenvalue weighted by atomic mass is 10.00. The van der Waals surface area contributed by atoms with E-state index in [0.717, 1.165) is 12.5 Å². The molecule has 0 bridgehead atoms. The fraction of sp³-hybridized carbons (Fsp3) is 0.500. The van der Waals surface area contributed by atoms with Crippen LogP contribution in [-0.2, 0) is 4.74 Å². The molecule has 1 aliphatic heterocycles. The molecule has 1 saturated heterocycles. The largest absolute Gasteiger partial charge is 0.386 e. The van der Waals surface area contributed by atoms with Gasteiger partial charge in [-0.05, 0) is 31.4 Å². The molecular weight excluding hydrogens is 214 g/mol. The van der Waals surface area contributed by atoms with Crippen molar-refractivity contribution in [2.75, 3.05) is 6.61 Å². The molecule has 0 spiro atoms. The van der Waals surface area contributed by atoms with Gasteiger partial charge in [-0.3, -0.25) is 0 Å². The molecule has 16 heavy (non-hydrogen) atoms. The Kier molecular flexibility index (Phi) is 3.21. The Morgan fingerprint density at radius 1 is 1.38 bits per heavy atom. The smallest absolute Gasteiger partial charge is 0.132 e. The minimum absolute atomic E-state index is 0.116. The fourth-order valence-electron chi connectivity index (χ4n) is 1.96. The fourth-order valence-corrected chi connectivity index (χ4v) is 1.96. The number of benzene rings is 1. The van der Waals surface area contributed by atoms with Crippen molar-refractivity contribution in [1.82, 2.24) is 0 Å². The van der Waals surface area contributed by atoms with E-state index in [9.17, 15) is 13.9 Å². The highest BCUT2D eigenvalue weighted by Gasteiger charge is 2.27. The third kappa shape index (κ3) is 2.08. The predicted molar refractivity (Wildman–Crippen MR) is 55.0 cm³/mol. The van der Waals surface area contributed by atoms with E-state index in [1.165, 1.54) is 6.07 Å². The van der Waals surface area contributed by atoms with E-state index in [0.29, 0.717) is 18.6 Å². The van der Waals surface area contributed by atoms with Gasteiger partial charge < -0.3 is 9.84 Å². The van der Waals surface area contributed by atoms with Gasteiger partial charge >= 0.3 is 0 Å². The minimum Gasteiger partial charge on any atom is -0.386 e. The number of aryl methyl sites for hydroxylation is 1. The van der Waals surface area contributed by atoms with Crippen LogP contribution in [0.2, 0.25) is 0 Å². The summed E-state index contributed by atoms with van der Waals surface area (Å²) >= 11 is 0. The Morgan fingerprint density at radius 2 is 2.12 bits per heavy atom. The van der Waals surface area contributed by atoms with E-state index < -0.39 is 17.7 Å². The van der Waals surface area contributed by atoms with Gasteiger partial charge in [0.2, 0.25) is 0 Å². The van der Waals surface area contributed by atoms with Gasteiger partial charge in [-0.1, -0.05) is 0 Å². The van der Waals surface area contributed by atoms with Gasteiger partial charge in [0.25, 0.3) is 0 Å². The molecule has 1 fully saturated rings. The van der Waals surface area contributed by atoms with E-state index in [-0.39, 0.29) is 11.7 Å². The Balaban J connectivity index is 2.28. The molecule has 1 N–H and O–H groups in total. The number of hydrogen-bond donors (Lipinski definition) is 1. The van der Waals surface area contributed by atoms with Crippen molar-refractivity contribution in [3.05, 3.63) is 34.9 Å². The maximum Gasteiger partial charge on any atom is 0.132 e. The van der Waals surface area contributed by atoms with Crippen molar-refractivity contribution in [3.63, 3.8) is 0 Å². The minimum atomic E-state index is -1.01. The van der Waals surface area contributed by atoms with E-state index in [2.05, 4.69) is 0 Å². The Morgan fingerprint density at radius 3 is 2.75 bits per heavy atom. The lowest BCUT2D eigenvalue weighted by Crippen LogP contribution is -2.18. The molecule has 0 saturated carbocycles. The van der Waals surface area contributed by atoms with Crippen LogP contribution in [0.3, 0.4) is 0 Å². The standard InChI is InChI=1S/C12H14F2O2/c1-7-5-8(10(14)6-9(7)13)12(15)11-3-2-4-16-11/h5-6,11-12,15H,2-4H2,1H3. The summed E-state index contributed by atoms with van der Waals surface area (Å²) in [5, 5.41) is 9.93. The maximum atomic E-state index is 13.5. The van der Waals surface area contributed by atoms with Crippen LogP contribution in [0.4, 0.5) is 8.78 Å². The van der Waals surface area contributed by atoms with Crippen LogP contribution in [0.25, 0.3) is 0 Å². The summed E-state index contributed by atoms with van der Waals surface area (Å²) in [4.78, 5) is 0. The molecule has 2 unspecified atom stereocenters. The van der Waals surface area contributed by atoms with E-state index in [1.54, 1.807) is 6.92 Å². The first-order valence-corrected chi connectivity index (χ1v) is 5.35. The van der Waals surface area contributed by atoms with Crippen LogP contribution in [0.1, 0.15) is 30.1 Å². The lowest BCUT2D eigenvalue weighted by Gasteiger charge is -2.18. The molecule has 1 aromatic carbocycles. The second kappa shape index (κ2) is 4.47. The second-order valence-electron chi connectivity index (χ2n) is 4.12. The highest BCUT2D eigenvalue weighted by Crippen LogP contribution is 2.29.